The van der Waals surface area contributed by atoms with Crippen molar-refractivity contribution in [2.75, 3.05) is 23.3 Å². The molecule has 0 aliphatic carbocycles. The molecule has 10 nitrogen and oxygen atoms in total. The Balaban J connectivity index is 1.84. The SMILES string of the molecule is CN=CC(C=N)c1cnc2ccc(Nc3ccc(NS(C)(=O)=O)nn3)nc2c1. The minimum Gasteiger partial charge on any atom is -0.323 e. The molecule has 3 N–H and O–H groups in total. The van der Waals surface area contributed by atoms with E-state index in [2.05, 4.69) is 35.2 Å². The summed E-state index contributed by atoms with van der Waals surface area (Å²) in [5.74, 6) is 0.801. The summed E-state index contributed by atoms with van der Waals surface area (Å²) in [7, 11) is -1.75. The van der Waals surface area contributed by atoms with Gasteiger partial charge in [-0.2, -0.15) is 0 Å². The van der Waals surface area contributed by atoms with Gasteiger partial charge in [-0.1, -0.05) is 0 Å². The van der Waals surface area contributed by atoms with E-state index in [1.807, 2.05) is 12.1 Å². The second-order valence-electron chi connectivity index (χ2n) is 5.91. The van der Waals surface area contributed by atoms with Crippen LogP contribution in [-0.2, 0) is 10.0 Å². The number of sulfonamides is 1. The number of aromatic nitrogens is 4. The number of rotatable bonds is 7. The maximum atomic E-state index is 11.2. The monoisotopic (exact) mass is 398 g/mol. The fourth-order valence-electron chi connectivity index (χ4n) is 2.43. The first-order valence-corrected chi connectivity index (χ1v) is 10.1. The molecule has 3 heterocycles. The third kappa shape index (κ3) is 4.82. The lowest BCUT2D eigenvalue weighted by molar-refractivity contribution is 0.606. The molecular weight excluding hydrogens is 380 g/mol. The molecule has 0 aromatic carbocycles. The van der Waals surface area contributed by atoms with Crippen LogP contribution < -0.4 is 10.0 Å². The van der Waals surface area contributed by atoms with Crippen molar-refractivity contribution < 1.29 is 8.42 Å². The number of aliphatic imine (C=N–C) groups is 1. The molecule has 3 aromatic rings. The minimum absolute atomic E-state index is 0.128. The van der Waals surface area contributed by atoms with Crippen LogP contribution in [-0.4, -0.2) is 54.3 Å². The smallest absolute Gasteiger partial charge is 0.231 e. The third-order valence-electron chi connectivity index (χ3n) is 3.64. The zero-order valence-corrected chi connectivity index (χ0v) is 16.0. The summed E-state index contributed by atoms with van der Waals surface area (Å²) in [4.78, 5) is 12.9. The van der Waals surface area contributed by atoms with Crippen molar-refractivity contribution in [3.05, 3.63) is 42.1 Å². The molecule has 0 aliphatic heterocycles. The average Bonchev–Trinajstić information content (AvgIpc) is 2.66. The Morgan fingerprint density at radius 3 is 2.46 bits per heavy atom. The van der Waals surface area contributed by atoms with E-state index in [-0.39, 0.29) is 11.7 Å². The predicted octanol–water partition coefficient (Wildman–Crippen LogP) is 1.97. The molecule has 0 saturated carbocycles. The van der Waals surface area contributed by atoms with E-state index in [9.17, 15) is 8.42 Å². The highest BCUT2D eigenvalue weighted by Crippen LogP contribution is 2.20. The highest BCUT2D eigenvalue weighted by atomic mass is 32.2. The summed E-state index contributed by atoms with van der Waals surface area (Å²) < 4.78 is 24.7. The van der Waals surface area contributed by atoms with Gasteiger partial charge in [0.2, 0.25) is 10.0 Å². The molecular formula is C17H18N8O2S. The molecule has 0 fully saturated rings. The topological polar surface area (TPSA) is 146 Å². The highest BCUT2D eigenvalue weighted by molar-refractivity contribution is 7.92. The molecule has 3 rings (SSSR count). The van der Waals surface area contributed by atoms with Crippen molar-refractivity contribution in [2.24, 2.45) is 4.99 Å². The van der Waals surface area contributed by atoms with E-state index >= 15 is 0 Å². The third-order valence-corrected chi connectivity index (χ3v) is 4.22. The molecule has 1 unspecified atom stereocenters. The van der Waals surface area contributed by atoms with Crippen LogP contribution in [0.15, 0.2) is 41.5 Å². The van der Waals surface area contributed by atoms with Crippen LogP contribution in [0.4, 0.5) is 17.5 Å². The summed E-state index contributed by atoms with van der Waals surface area (Å²) in [6.45, 7) is 0. The first-order chi connectivity index (χ1) is 13.4. The number of nitrogens with zero attached hydrogens (tertiary/aromatic N) is 5. The summed E-state index contributed by atoms with van der Waals surface area (Å²) in [5.41, 5.74) is 2.18. The molecule has 0 aliphatic rings. The van der Waals surface area contributed by atoms with Gasteiger partial charge in [-0.15, -0.1) is 10.2 Å². The van der Waals surface area contributed by atoms with Crippen LogP contribution >= 0.6 is 0 Å². The van der Waals surface area contributed by atoms with Gasteiger partial charge in [0.15, 0.2) is 11.6 Å². The number of hydrogen-bond acceptors (Lipinski definition) is 9. The van der Waals surface area contributed by atoms with E-state index in [4.69, 9.17) is 5.41 Å². The van der Waals surface area contributed by atoms with Gasteiger partial charge in [0.25, 0.3) is 0 Å². The zero-order valence-electron chi connectivity index (χ0n) is 15.2. The molecule has 0 spiro atoms. The molecule has 28 heavy (non-hydrogen) atoms. The molecule has 0 amide bonds. The molecule has 0 bridgehead atoms. The second kappa shape index (κ2) is 8.05. The Kier molecular flexibility index (Phi) is 5.54. The van der Waals surface area contributed by atoms with Gasteiger partial charge < -0.3 is 10.7 Å². The fraction of sp³-hybridized carbons (Fsp3) is 0.176. The predicted molar refractivity (Wildman–Crippen MR) is 109 cm³/mol. The summed E-state index contributed by atoms with van der Waals surface area (Å²) in [5, 5.41) is 18.3. The molecule has 0 radical (unpaired) electrons. The Hall–Kier alpha value is -3.47. The zero-order chi connectivity index (χ0) is 20.1. The lowest BCUT2D eigenvalue weighted by Crippen LogP contribution is -2.11. The van der Waals surface area contributed by atoms with Crippen molar-refractivity contribution in [1.29, 1.82) is 5.41 Å². The Morgan fingerprint density at radius 1 is 1.11 bits per heavy atom. The van der Waals surface area contributed by atoms with Crippen LogP contribution in [0.3, 0.4) is 0 Å². The largest absolute Gasteiger partial charge is 0.323 e. The summed E-state index contributed by atoms with van der Waals surface area (Å²) in [6.07, 6.45) is 5.70. The van der Waals surface area contributed by atoms with Crippen LogP contribution in [0.1, 0.15) is 11.5 Å². The van der Waals surface area contributed by atoms with E-state index in [0.717, 1.165) is 11.8 Å². The van der Waals surface area contributed by atoms with Crippen LogP contribution in [0.5, 0.6) is 0 Å². The van der Waals surface area contributed by atoms with Crippen molar-refractivity contribution in [2.45, 2.75) is 5.92 Å². The number of hydrogen-bond donors (Lipinski definition) is 3. The quantitative estimate of drug-likeness (QED) is 0.516. The number of fused-ring (bicyclic) bond motifs is 1. The maximum absolute atomic E-state index is 11.2. The number of nitrogens with one attached hydrogen (secondary N) is 3. The van der Waals surface area contributed by atoms with Crippen LogP contribution in [0.25, 0.3) is 11.0 Å². The van der Waals surface area contributed by atoms with E-state index < -0.39 is 10.0 Å². The van der Waals surface area contributed by atoms with Crippen LogP contribution in [0, 0.1) is 5.41 Å². The van der Waals surface area contributed by atoms with Crippen molar-refractivity contribution in [3.63, 3.8) is 0 Å². The molecule has 144 valence electrons. The minimum atomic E-state index is -3.41. The average molecular weight is 398 g/mol. The van der Waals surface area contributed by atoms with Gasteiger partial charge in [0, 0.05) is 25.7 Å². The number of anilines is 3. The first-order valence-electron chi connectivity index (χ1n) is 8.16. The molecule has 1 atom stereocenters. The van der Waals surface area contributed by atoms with E-state index in [1.54, 1.807) is 31.6 Å². The fourth-order valence-corrected chi connectivity index (χ4v) is 2.92. The van der Waals surface area contributed by atoms with E-state index in [1.165, 1.54) is 12.3 Å². The van der Waals surface area contributed by atoms with Gasteiger partial charge >= 0.3 is 0 Å². The Bertz CT molecular complexity index is 1130. The Labute approximate surface area is 161 Å². The normalized spacial score (nSPS) is 12.8. The summed E-state index contributed by atoms with van der Waals surface area (Å²) in [6, 6.07) is 8.51. The van der Waals surface area contributed by atoms with Gasteiger partial charge in [0.05, 0.1) is 23.2 Å². The molecule has 11 heteroatoms. The van der Waals surface area contributed by atoms with Crippen molar-refractivity contribution >= 4 is 50.9 Å². The van der Waals surface area contributed by atoms with Gasteiger partial charge in [-0.3, -0.25) is 14.7 Å². The molecule has 3 aromatic heterocycles. The van der Waals surface area contributed by atoms with Crippen molar-refractivity contribution in [1.82, 2.24) is 20.2 Å². The van der Waals surface area contributed by atoms with Crippen LogP contribution in [0.2, 0.25) is 0 Å². The first kappa shape index (κ1) is 19.3. The maximum Gasteiger partial charge on any atom is 0.231 e. The second-order valence-corrected chi connectivity index (χ2v) is 7.65. The van der Waals surface area contributed by atoms with Crippen molar-refractivity contribution in [3.8, 4) is 0 Å². The lowest BCUT2D eigenvalue weighted by Gasteiger charge is -2.09. The van der Waals surface area contributed by atoms with Gasteiger partial charge in [0.1, 0.15) is 5.82 Å². The summed E-state index contributed by atoms with van der Waals surface area (Å²) >= 11 is 0. The number of pyridine rings is 2. The lowest BCUT2D eigenvalue weighted by atomic mass is 10.0. The van der Waals surface area contributed by atoms with E-state index in [0.29, 0.717) is 22.7 Å². The highest BCUT2D eigenvalue weighted by Gasteiger charge is 2.09. The van der Waals surface area contributed by atoms with Gasteiger partial charge in [-0.05, 0) is 35.9 Å². The molecule has 0 saturated heterocycles. The standard InChI is InChI=1S/C17H18N8O2S/c1-19-9-12(8-18)11-7-14-13(20-10-11)3-4-15(21-14)22-16-5-6-17(24-23-16)25-28(2,26)27/h3-10,12,18H,1-2H3,(H,24,25)(H,21,22,23). The van der Waals surface area contributed by atoms with Gasteiger partial charge in [-0.25, -0.2) is 13.4 Å². The Morgan fingerprint density at radius 2 is 1.82 bits per heavy atom.